The molecule has 0 bridgehead atoms. The molecule has 0 aliphatic heterocycles. The van der Waals surface area contributed by atoms with Crippen molar-refractivity contribution in [1.29, 1.82) is 0 Å². The summed E-state index contributed by atoms with van der Waals surface area (Å²) in [4.78, 5) is 0. The van der Waals surface area contributed by atoms with Crippen LogP contribution in [0.4, 0.5) is 5.69 Å². The van der Waals surface area contributed by atoms with Gasteiger partial charge in [-0.1, -0.05) is 31.4 Å². The molecular weight excluding hydrogens is 236 g/mol. The molecular formula is C16H26N2O. The molecule has 1 aliphatic carbocycles. The highest BCUT2D eigenvalue weighted by Crippen LogP contribution is 2.24. The molecule has 3 heteroatoms. The summed E-state index contributed by atoms with van der Waals surface area (Å²) in [5, 5.41) is 12.5. The van der Waals surface area contributed by atoms with E-state index < -0.39 is 0 Å². The van der Waals surface area contributed by atoms with Crippen molar-refractivity contribution in [2.45, 2.75) is 44.6 Å². The third kappa shape index (κ3) is 4.51. The van der Waals surface area contributed by atoms with Gasteiger partial charge in [0.05, 0.1) is 0 Å². The first-order chi connectivity index (χ1) is 9.29. The van der Waals surface area contributed by atoms with Gasteiger partial charge in [0, 0.05) is 24.9 Å². The summed E-state index contributed by atoms with van der Waals surface area (Å²) < 4.78 is 0. The van der Waals surface area contributed by atoms with Crippen molar-refractivity contribution in [2.24, 2.45) is 11.7 Å². The minimum atomic E-state index is -0.0681. The highest BCUT2D eigenvalue weighted by Gasteiger charge is 2.13. The third-order valence-electron chi connectivity index (χ3n) is 4.07. The average Bonchev–Trinajstić information content (AvgIpc) is 2.47. The summed E-state index contributed by atoms with van der Waals surface area (Å²) >= 11 is 0. The van der Waals surface area contributed by atoms with Crippen molar-refractivity contribution in [3.05, 3.63) is 29.8 Å². The Hall–Kier alpha value is -1.06. The van der Waals surface area contributed by atoms with Gasteiger partial charge in [0.2, 0.25) is 0 Å². The molecule has 1 atom stereocenters. The molecule has 1 aliphatic rings. The topological polar surface area (TPSA) is 58.3 Å². The Morgan fingerprint density at radius 3 is 2.79 bits per heavy atom. The van der Waals surface area contributed by atoms with Crippen LogP contribution in [0.3, 0.4) is 0 Å². The van der Waals surface area contributed by atoms with Gasteiger partial charge in [0.15, 0.2) is 0 Å². The van der Waals surface area contributed by atoms with Crippen LogP contribution in [0.15, 0.2) is 24.3 Å². The lowest BCUT2D eigenvalue weighted by Gasteiger charge is -2.22. The van der Waals surface area contributed by atoms with Gasteiger partial charge in [0.25, 0.3) is 0 Å². The van der Waals surface area contributed by atoms with Gasteiger partial charge >= 0.3 is 0 Å². The van der Waals surface area contributed by atoms with Crippen LogP contribution in [-0.4, -0.2) is 18.3 Å². The Balaban J connectivity index is 1.87. The number of rotatable bonds is 6. The Kier molecular flexibility index (Phi) is 5.67. The molecule has 106 valence electrons. The molecule has 4 N–H and O–H groups in total. The normalized spacial score (nSPS) is 18.2. The first-order valence-corrected chi connectivity index (χ1v) is 7.50. The second-order valence-electron chi connectivity index (χ2n) is 5.63. The minimum absolute atomic E-state index is 0.0681. The van der Waals surface area contributed by atoms with Crippen molar-refractivity contribution in [1.82, 2.24) is 0 Å². The third-order valence-corrected chi connectivity index (χ3v) is 4.07. The van der Waals surface area contributed by atoms with Crippen LogP contribution in [-0.2, 0) is 0 Å². The zero-order valence-corrected chi connectivity index (χ0v) is 11.6. The van der Waals surface area contributed by atoms with Gasteiger partial charge in [-0.25, -0.2) is 0 Å². The van der Waals surface area contributed by atoms with E-state index in [1.54, 1.807) is 0 Å². The molecule has 0 radical (unpaired) electrons. The lowest BCUT2D eigenvalue weighted by atomic mass is 9.89. The fourth-order valence-corrected chi connectivity index (χ4v) is 2.84. The van der Waals surface area contributed by atoms with E-state index in [0.717, 1.165) is 23.7 Å². The van der Waals surface area contributed by atoms with E-state index in [9.17, 15) is 0 Å². The second-order valence-corrected chi connectivity index (χ2v) is 5.63. The molecule has 2 rings (SSSR count). The van der Waals surface area contributed by atoms with Crippen molar-refractivity contribution in [3.63, 3.8) is 0 Å². The van der Waals surface area contributed by atoms with Gasteiger partial charge in [0.1, 0.15) is 0 Å². The highest BCUT2D eigenvalue weighted by atomic mass is 16.3. The van der Waals surface area contributed by atoms with Crippen molar-refractivity contribution in [2.75, 3.05) is 18.5 Å². The highest BCUT2D eigenvalue weighted by molar-refractivity contribution is 5.46. The SMILES string of the molecule is NC(CCO)c1cccc(NCC2CCCCC2)c1. The van der Waals surface area contributed by atoms with E-state index in [4.69, 9.17) is 10.8 Å². The van der Waals surface area contributed by atoms with E-state index >= 15 is 0 Å². The lowest BCUT2D eigenvalue weighted by molar-refractivity contribution is 0.276. The number of hydrogen-bond donors (Lipinski definition) is 3. The van der Waals surface area contributed by atoms with Gasteiger partial charge in [-0.15, -0.1) is 0 Å². The predicted octanol–water partition coefficient (Wildman–Crippen LogP) is 3.06. The zero-order chi connectivity index (χ0) is 13.5. The molecule has 3 nitrogen and oxygen atoms in total. The predicted molar refractivity (Wildman–Crippen MR) is 80.1 cm³/mol. The molecule has 1 aromatic rings. The molecule has 0 heterocycles. The maximum absolute atomic E-state index is 8.95. The lowest BCUT2D eigenvalue weighted by Crippen LogP contribution is -2.17. The summed E-state index contributed by atoms with van der Waals surface area (Å²) in [5.41, 5.74) is 8.27. The molecule has 19 heavy (non-hydrogen) atoms. The summed E-state index contributed by atoms with van der Waals surface area (Å²) in [7, 11) is 0. The number of nitrogens with two attached hydrogens (primary N) is 1. The summed E-state index contributed by atoms with van der Waals surface area (Å²) in [6.07, 6.45) is 7.50. The molecule has 0 saturated heterocycles. The van der Waals surface area contributed by atoms with Crippen LogP contribution < -0.4 is 11.1 Å². The number of aliphatic hydroxyl groups excluding tert-OH is 1. The first-order valence-electron chi connectivity index (χ1n) is 7.50. The molecule has 0 aromatic heterocycles. The van der Waals surface area contributed by atoms with Crippen molar-refractivity contribution < 1.29 is 5.11 Å². The van der Waals surface area contributed by atoms with Gasteiger partial charge in [-0.2, -0.15) is 0 Å². The minimum Gasteiger partial charge on any atom is -0.396 e. The first kappa shape index (κ1) is 14.4. The fraction of sp³-hybridized carbons (Fsp3) is 0.625. The summed E-state index contributed by atoms with van der Waals surface area (Å²) in [5.74, 6) is 0.823. The summed E-state index contributed by atoms with van der Waals surface area (Å²) in [6, 6.07) is 8.21. The van der Waals surface area contributed by atoms with E-state index in [1.807, 2.05) is 12.1 Å². The van der Waals surface area contributed by atoms with Gasteiger partial charge in [-0.05, 0) is 42.9 Å². The Morgan fingerprint density at radius 1 is 1.26 bits per heavy atom. The maximum Gasteiger partial charge on any atom is 0.0449 e. The molecule has 1 fully saturated rings. The standard InChI is InChI=1S/C16H26N2O/c17-16(9-10-19)14-7-4-8-15(11-14)18-12-13-5-2-1-3-6-13/h4,7-8,11,13,16,18-19H,1-3,5-6,9-10,12,17H2. The molecule has 0 amide bonds. The van der Waals surface area contributed by atoms with Crippen LogP contribution in [0.2, 0.25) is 0 Å². The van der Waals surface area contributed by atoms with Gasteiger partial charge in [-0.3, -0.25) is 0 Å². The van der Waals surface area contributed by atoms with E-state index in [-0.39, 0.29) is 12.6 Å². The number of benzene rings is 1. The Morgan fingerprint density at radius 2 is 2.05 bits per heavy atom. The number of nitrogens with one attached hydrogen (secondary N) is 1. The average molecular weight is 262 g/mol. The van der Waals surface area contributed by atoms with Crippen molar-refractivity contribution in [3.8, 4) is 0 Å². The molecule has 1 aromatic carbocycles. The smallest absolute Gasteiger partial charge is 0.0449 e. The number of anilines is 1. The van der Waals surface area contributed by atoms with Crippen LogP contribution in [0.25, 0.3) is 0 Å². The quantitative estimate of drug-likeness (QED) is 0.738. The Bertz CT molecular complexity index is 375. The fourth-order valence-electron chi connectivity index (χ4n) is 2.84. The second kappa shape index (κ2) is 7.51. The van der Waals surface area contributed by atoms with Crippen LogP contribution in [0.1, 0.15) is 50.1 Å². The Labute approximate surface area is 116 Å². The largest absolute Gasteiger partial charge is 0.396 e. The number of hydrogen-bond acceptors (Lipinski definition) is 3. The van der Waals surface area contributed by atoms with E-state index in [1.165, 1.54) is 32.1 Å². The van der Waals surface area contributed by atoms with Gasteiger partial charge < -0.3 is 16.2 Å². The monoisotopic (exact) mass is 262 g/mol. The summed E-state index contributed by atoms with van der Waals surface area (Å²) in [6.45, 7) is 1.21. The van der Waals surface area contributed by atoms with Crippen LogP contribution in [0.5, 0.6) is 0 Å². The molecule has 1 saturated carbocycles. The van der Waals surface area contributed by atoms with Crippen LogP contribution >= 0.6 is 0 Å². The maximum atomic E-state index is 8.95. The number of aliphatic hydroxyl groups is 1. The van der Waals surface area contributed by atoms with E-state index in [0.29, 0.717) is 6.42 Å². The molecule has 0 spiro atoms. The van der Waals surface area contributed by atoms with Crippen molar-refractivity contribution >= 4 is 5.69 Å². The van der Waals surface area contributed by atoms with Crippen LogP contribution in [0, 0.1) is 5.92 Å². The van der Waals surface area contributed by atoms with E-state index in [2.05, 4.69) is 17.4 Å². The zero-order valence-electron chi connectivity index (χ0n) is 11.6. The molecule has 1 unspecified atom stereocenters.